The smallest absolute Gasteiger partial charge is 0.261 e. The van der Waals surface area contributed by atoms with E-state index in [4.69, 9.17) is 4.74 Å². The Morgan fingerprint density at radius 1 is 1.38 bits per heavy atom. The number of halogens is 1. The lowest BCUT2D eigenvalue weighted by Gasteiger charge is -2.38. The molecule has 1 aliphatic carbocycles. The summed E-state index contributed by atoms with van der Waals surface area (Å²) >= 11 is 0. The number of ether oxygens (including phenoxy) is 1. The summed E-state index contributed by atoms with van der Waals surface area (Å²) in [6.07, 6.45) is 4.35. The van der Waals surface area contributed by atoms with E-state index in [0.717, 1.165) is 19.3 Å². The van der Waals surface area contributed by atoms with Crippen molar-refractivity contribution in [2.75, 3.05) is 13.7 Å². The van der Waals surface area contributed by atoms with Crippen molar-refractivity contribution in [1.29, 1.82) is 5.26 Å². The largest absolute Gasteiger partial charge is 0.481 e. The van der Waals surface area contributed by atoms with Crippen molar-refractivity contribution in [3.05, 3.63) is 30.1 Å². The van der Waals surface area contributed by atoms with Crippen molar-refractivity contribution in [3.63, 3.8) is 0 Å². The molecule has 0 N–H and O–H groups in total. The Morgan fingerprint density at radius 2 is 2.05 bits per heavy atom. The van der Waals surface area contributed by atoms with E-state index in [1.165, 1.54) is 17.0 Å². The van der Waals surface area contributed by atoms with Gasteiger partial charge >= 0.3 is 0 Å². The molecule has 4 nitrogen and oxygen atoms in total. The van der Waals surface area contributed by atoms with E-state index in [-0.39, 0.29) is 18.3 Å². The third kappa shape index (κ3) is 3.33. The van der Waals surface area contributed by atoms with Crippen LogP contribution in [0.3, 0.4) is 0 Å². The molecule has 1 aliphatic rings. The quantitative estimate of drug-likeness (QED) is 0.856. The third-order valence-electron chi connectivity index (χ3n) is 4.09. The van der Waals surface area contributed by atoms with Crippen LogP contribution in [0.1, 0.15) is 32.1 Å². The number of hydrogen-bond donors (Lipinski definition) is 0. The number of nitriles is 1. The van der Waals surface area contributed by atoms with Crippen LogP contribution in [0.2, 0.25) is 0 Å². The maximum Gasteiger partial charge on any atom is 0.261 e. The highest BCUT2D eigenvalue weighted by atomic mass is 19.1. The Kier molecular flexibility index (Phi) is 4.79. The maximum absolute atomic E-state index is 13.4. The fourth-order valence-corrected chi connectivity index (χ4v) is 2.70. The van der Waals surface area contributed by atoms with E-state index >= 15 is 0 Å². The Labute approximate surface area is 124 Å². The highest BCUT2D eigenvalue weighted by Gasteiger charge is 2.38. The van der Waals surface area contributed by atoms with Gasteiger partial charge in [-0.2, -0.15) is 5.26 Å². The number of amides is 1. The van der Waals surface area contributed by atoms with Gasteiger partial charge in [0.05, 0.1) is 6.07 Å². The molecule has 2 rings (SSSR count). The first-order chi connectivity index (χ1) is 10.1. The lowest BCUT2D eigenvalue weighted by Crippen LogP contribution is -2.51. The topological polar surface area (TPSA) is 53.3 Å². The molecule has 0 radical (unpaired) electrons. The van der Waals surface area contributed by atoms with Crippen LogP contribution >= 0.6 is 0 Å². The zero-order valence-corrected chi connectivity index (χ0v) is 12.1. The molecule has 1 aromatic rings. The SMILES string of the molecule is CN(C(=O)COc1ccccc1F)C1(C#N)CCCCC1. The summed E-state index contributed by atoms with van der Waals surface area (Å²) in [5.41, 5.74) is -0.742. The molecule has 0 bridgehead atoms. The normalized spacial score (nSPS) is 16.8. The molecule has 0 spiro atoms. The molecule has 5 heteroatoms. The first-order valence-corrected chi connectivity index (χ1v) is 7.14. The number of nitrogens with zero attached hydrogens (tertiary/aromatic N) is 2. The molecule has 0 atom stereocenters. The summed E-state index contributed by atoms with van der Waals surface area (Å²) in [5, 5.41) is 9.45. The van der Waals surface area contributed by atoms with Gasteiger partial charge in [-0.05, 0) is 25.0 Å². The van der Waals surface area contributed by atoms with Crippen molar-refractivity contribution in [1.82, 2.24) is 4.90 Å². The van der Waals surface area contributed by atoms with E-state index in [1.54, 1.807) is 19.2 Å². The van der Waals surface area contributed by atoms with Gasteiger partial charge in [0.15, 0.2) is 18.2 Å². The number of rotatable bonds is 4. The van der Waals surface area contributed by atoms with E-state index in [1.807, 2.05) is 0 Å². The first-order valence-electron chi connectivity index (χ1n) is 7.14. The van der Waals surface area contributed by atoms with Crippen molar-refractivity contribution in [2.45, 2.75) is 37.6 Å². The molecule has 1 aromatic carbocycles. The first kappa shape index (κ1) is 15.3. The van der Waals surface area contributed by atoms with Gasteiger partial charge in [-0.15, -0.1) is 0 Å². The lowest BCUT2D eigenvalue weighted by molar-refractivity contribution is -0.137. The van der Waals surface area contributed by atoms with Crippen LogP contribution < -0.4 is 4.74 Å². The molecule has 0 aromatic heterocycles. The monoisotopic (exact) mass is 290 g/mol. The van der Waals surface area contributed by atoms with Crippen LogP contribution in [-0.2, 0) is 4.79 Å². The van der Waals surface area contributed by atoms with Crippen molar-refractivity contribution >= 4 is 5.91 Å². The summed E-state index contributed by atoms with van der Waals surface area (Å²) in [4.78, 5) is 13.7. The van der Waals surface area contributed by atoms with E-state index in [0.29, 0.717) is 12.8 Å². The standard InChI is InChI=1S/C16H19FN2O2/c1-19(16(12-18)9-5-2-6-10-16)15(20)11-21-14-8-4-3-7-13(14)17/h3-4,7-8H,2,5-6,9-11H2,1H3. The lowest BCUT2D eigenvalue weighted by atomic mass is 9.81. The number of hydrogen-bond acceptors (Lipinski definition) is 3. The van der Waals surface area contributed by atoms with Crippen LogP contribution in [0, 0.1) is 17.1 Å². The van der Waals surface area contributed by atoms with Gasteiger partial charge in [0.2, 0.25) is 0 Å². The molecule has 0 aliphatic heterocycles. The van der Waals surface area contributed by atoms with Crippen LogP contribution in [0.25, 0.3) is 0 Å². The fourth-order valence-electron chi connectivity index (χ4n) is 2.70. The average Bonchev–Trinajstić information content (AvgIpc) is 2.53. The minimum atomic E-state index is -0.742. The summed E-state index contributed by atoms with van der Waals surface area (Å²) in [6.45, 7) is -0.263. The van der Waals surface area contributed by atoms with Gasteiger partial charge in [0.1, 0.15) is 5.54 Å². The zero-order valence-electron chi connectivity index (χ0n) is 12.1. The van der Waals surface area contributed by atoms with Crippen LogP contribution in [0.5, 0.6) is 5.75 Å². The van der Waals surface area contributed by atoms with Crippen molar-refractivity contribution in [2.24, 2.45) is 0 Å². The van der Waals surface area contributed by atoms with E-state index in [9.17, 15) is 14.4 Å². The second kappa shape index (κ2) is 6.57. The minimum Gasteiger partial charge on any atom is -0.481 e. The molecule has 1 fully saturated rings. The van der Waals surface area contributed by atoms with Crippen LogP contribution in [0.4, 0.5) is 4.39 Å². The van der Waals surface area contributed by atoms with E-state index < -0.39 is 11.4 Å². The van der Waals surface area contributed by atoms with Gasteiger partial charge < -0.3 is 9.64 Å². The number of benzene rings is 1. The van der Waals surface area contributed by atoms with Gasteiger partial charge in [-0.3, -0.25) is 4.79 Å². The third-order valence-corrected chi connectivity index (χ3v) is 4.09. The number of para-hydroxylation sites is 1. The summed E-state index contributed by atoms with van der Waals surface area (Å²) < 4.78 is 18.7. The predicted octanol–water partition coefficient (Wildman–Crippen LogP) is 2.89. The Hall–Kier alpha value is -2.09. The summed E-state index contributed by atoms with van der Waals surface area (Å²) in [5.74, 6) is -0.753. The Bertz CT molecular complexity index is 547. The molecular formula is C16H19FN2O2. The zero-order chi connectivity index (χ0) is 15.3. The van der Waals surface area contributed by atoms with Crippen LogP contribution in [0.15, 0.2) is 24.3 Å². The van der Waals surface area contributed by atoms with Gasteiger partial charge in [-0.1, -0.05) is 31.4 Å². The number of likely N-dealkylation sites (N-methyl/N-ethyl adjacent to an activating group) is 1. The van der Waals surface area contributed by atoms with Gasteiger partial charge in [-0.25, -0.2) is 4.39 Å². The second-order valence-corrected chi connectivity index (χ2v) is 5.38. The predicted molar refractivity (Wildman–Crippen MR) is 76.1 cm³/mol. The van der Waals surface area contributed by atoms with Gasteiger partial charge in [0.25, 0.3) is 5.91 Å². The van der Waals surface area contributed by atoms with Crippen LogP contribution in [-0.4, -0.2) is 30.0 Å². The average molecular weight is 290 g/mol. The number of carbonyl (C=O) groups excluding carboxylic acids is 1. The molecule has 0 heterocycles. The van der Waals surface area contributed by atoms with Crippen molar-refractivity contribution < 1.29 is 13.9 Å². The maximum atomic E-state index is 13.4. The molecule has 1 saturated carbocycles. The number of carbonyl (C=O) groups is 1. The van der Waals surface area contributed by atoms with Crippen molar-refractivity contribution in [3.8, 4) is 11.8 Å². The highest BCUT2D eigenvalue weighted by Crippen LogP contribution is 2.32. The van der Waals surface area contributed by atoms with E-state index in [2.05, 4.69) is 6.07 Å². The molecular weight excluding hydrogens is 271 g/mol. The Morgan fingerprint density at radius 3 is 2.67 bits per heavy atom. The minimum absolute atomic E-state index is 0.0499. The Balaban J connectivity index is 1.99. The molecule has 0 saturated heterocycles. The summed E-state index contributed by atoms with van der Waals surface area (Å²) in [7, 11) is 1.63. The molecule has 0 unspecified atom stereocenters. The van der Waals surface area contributed by atoms with Gasteiger partial charge in [0, 0.05) is 7.05 Å². The molecule has 1 amide bonds. The fraction of sp³-hybridized carbons (Fsp3) is 0.500. The molecule has 112 valence electrons. The molecule has 21 heavy (non-hydrogen) atoms. The summed E-state index contributed by atoms with van der Waals surface area (Å²) in [6, 6.07) is 8.24. The second-order valence-electron chi connectivity index (χ2n) is 5.38. The highest BCUT2D eigenvalue weighted by molar-refractivity contribution is 5.78.